The van der Waals surface area contributed by atoms with E-state index in [2.05, 4.69) is 44.8 Å². The highest BCUT2D eigenvalue weighted by atomic mass is 15.3. The largest absolute Gasteiger partial charge is 0.308 e. The summed E-state index contributed by atoms with van der Waals surface area (Å²) in [7, 11) is 0. The zero-order valence-electron chi connectivity index (χ0n) is 14.4. The molecule has 2 atom stereocenters. The van der Waals surface area contributed by atoms with E-state index in [-0.39, 0.29) is 0 Å². The van der Waals surface area contributed by atoms with E-state index in [1.165, 1.54) is 51.6 Å². The summed E-state index contributed by atoms with van der Waals surface area (Å²) in [5.41, 5.74) is 0.456. The van der Waals surface area contributed by atoms with Gasteiger partial charge in [0.1, 0.15) is 0 Å². The smallest absolute Gasteiger partial charge is 0.0309 e. The van der Waals surface area contributed by atoms with Crippen LogP contribution in [0.4, 0.5) is 0 Å². The normalized spacial score (nSPS) is 28.6. The minimum atomic E-state index is 0.456. The van der Waals surface area contributed by atoms with E-state index in [0.29, 0.717) is 5.54 Å². The van der Waals surface area contributed by atoms with Crippen LogP contribution in [-0.4, -0.2) is 35.6 Å². The first-order chi connectivity index (χ1) is 9.43. The minimum Gasteiger partial charge on any atom is -0.308 e. The average molecular weight is 280 g/mol. The molecular weight excluding hydrogens is 244 g/mol. The SMILES string of the molecule is CC(C)CCC(C)N1CC2(CCCC2)NCC1C(C)C. The molecule has 0 amide bonds. The second-order valence-electron chi connectivity index (χ2n) is 8.17. The Morgan fingerprint density at radius 2 is 1.70 bits per heavy atom. The van der Waals surface area contributed by atoms with Crippen molar-refractivity contribution in [2.45, 2.75) is 90.8 Å². The van der Waals surface area contributed by atoms with Crippen molar-refractivity contribution in [2.24, 2.45) is 11.8 Å². The van der Waals surface area contributed by atoms with Crippen LogP contribution in [0.5, 0.6) is 0 Å². The second-order valence-corrected chi connectivity index (χ2v) is 8.17. The highest BCUT2D eigenvalue weighted by Crippen LogP contribution is 2.35. The maximum atomic E-state index is 3.93. The van der Waals surface area contributed by atoms with E-state index >= 15 is 0 Å². The van der Waals surface area contributed by atoms with Gasteiger partial charge in [-0.15, -0.1) is 0 Å². The van der Waals surface area contributed by atoms with Crippen molar-refractivity contribution in [2.75, 3.05) is 13.1 Å². The van der Waals surface area contributed by atoms with E-state index in [1.807, 2.05) is 0 Å². The van der Waals surface area contributed by atoms with Gasteiger partial charge in [-0.2, -0.15) is 0 Å². The lowest BCUT2D eigenvalue weighted by Crippen LogP contribution is -2.66. The summed E-state index contributed by atoms with van der Waals surface area (Å²) in [6, 6.07) is 1.47. The number of hydrogen-bond acceptors (Lipinski definition) is 2. The quantitative estimate of drug-likeness (QED) is 0.817. The fraction of sp³-hybridized carbons (Fsp3) is 1.00. The van der Waals surface area contributed by atoms with Crippen LogP contribution in [0, 0.1) is 11.8 Å². The molecule has 1 heterocycles. The topological polar surface area (TPSA) is 15.3 Å². The van der Waals surface area contributed by atoms with Crippen molar-refractivity contribution in [1.82, 2.24) is 10.2 Å². The van der Waals surface area contributed by atoms with Gasteiger partial charge in [0, 0.05) is 30.7 Å². The molecule has 2 fully saturated rings. The Bertz CT molecular complexity index is 292. The third-order valence-corrected chi connectivity index (χ3v) is 5.66. The first-order valence-electron chi connectivity index (χ1n) is 8.94. The monoisotopic (exact) mass is 280 g/mol. The number of nitrogens with one attached hydrogen (secondary N) is 1. The average Bonchev–Trinajstić information content (AvgIpc) is 2.83. The summed E-state index contributed by atoms with van der Waals surface area (Å²) in [6.07, 6.45) is 8.36. The molecule has 0 radical (unpaired) electrons. The Morgan fingerprint density at radius 1 is 1.05 bits per heavy atom. The van der Waals surface area contributed by atoms with Crippen LogP contribution in [-0.2, 0) is 0 Å². The molecule has 0 aromatic carbocycles. The third kappa shape index (κ3) is 3.76. The summed E-state index contributed by atoms with van der Waals surface area (Å²) in [6.45, 7) is 14.4. The van der Waals surface area contributed by atoms with Crippen molar-refractivity contribution in [3.8, 4) is 0 Å². The fourth-order valence-corrected chi connectivity index (χ4v) is 4.19. The highest BCUT2D eigenvalue weighted by molar-refractivity contribution is 5.02. The van der Waals surface area contributed by atoms with Crippen LogP contribution >= 0.6 is 0 Å². The van der Waals surface area contributed by atoms with Gasteiger partial charge in [0.2, 0.25) is 0 Å². The molecule has 2 unspecified atom stereocenters. The molecule has 118 valence electrons. The van der Waals surface area contributed by atoms with Crippen molar-refractivity contribution in [1.29, 1.82) is 0 Å². The third-order valence-electron chi connectivity index (χ3n) is 5.66. The van der Waals surface area contributed by atoms with Crippen LogP contribution in [0.1, 0.15) is 73.1 Å². The van der Waals surface area contributed by atoms with Gasteiger partial charge in [0.15, 0.2) is 0 Å². The summed E-state index contributed by atoms with van der Waals surface area (Å²) in [4.78, 5) is 2.86. The molecule has 1 aliphatic heterocycles. The number of nitrogens with zero attached hydrogens (tertiary/aromatic N) is 1. The van der Waals surface area contributed by atoms with Gasteiger partial charge < -0.3 is 5.32 Å². The molecule has 1 N–H and O–H groups in total. The van der Waals surface area contributed by atoms with Gasteiger partial charge in [-0.1, -0.05) is 40.5 Å². The van der Waals surface area contributed by atoms with E-state index in [9.17, 15) is 0 Å². The van der Waals surface area contributed by atoms with Crippen molar-refractivity contribution >= 4 is 0 Å². The predicted octanol–water partition coefficient (Wildman–Crippen LogP) is 4.05. The molecule has 0 aromatic heterocycles. The Hall–Kier alpha value is -0.0800. The van der Waals surface area contributed by atoms with Crippen LogP contribution in [0.3, 0.4) is 0 Å². The molecule has 0 bridgehead atoms. The first kappa shape index (κ1) is 16.3. The lowest BCUT2D eigenvalue weighted by molar-refractivity contribution is 0.0232. The number of rotatable bonds is 5. The molecule has 2 rings (SSSR count). The van der Waals surface area contributed by atoms with E-state index in [1.54, 1.807) is 0 Å². The summed E-state index contributed by atoms with van der Waals surface area (Å²) >= 11 is 0. The number of hydrogen-bond donors (Lipinski definition) is 1. The van der Waals surface area contributed by atoms with Gasteiger partial charge in [0.25, 0.3) is 0 Å². The van der Waals surface area contributed by atoms with Gasteiger partial charge in [-0.05, 0) is 44.4 Å². The molecule has 1 saturated heterocycles. The standard InChI is InChI=1S/C18H36N2/c1-14(2)8-9-16(5)20-13-18(10-6-7-11-18)19-12-17(20)15(3)4/h14-17,19H,6-13H2,1-5H3. The molecule has 1 spiro atoms. The Kier molecular flexibility index (Phi) is 5.53. The molecular formula is C18H36N2. The predicted molar refractivity (Wildman–Crippen MR) is 88.1 cm³/mol. The lowest BCUT2D eigenvalue weighted by Gasteiger charge is -2.50. The summed E-state index contributed by atoms with van der Waals surface area (Å²) in [5.74, 6) is 1.58. The number of piperazine rings is 1. The van der Waals surface area contributed by atoms with Crippen molar-refractivity contribution in [3.63, 3.8) is 0 Å². The molecule has 2 heteroatoms. The van der Waals surface area contributed by atoms with Crippen LogP contribution in [0.25, 0.3) is 0 Å². The molecule has 1 aliphatic carbocycles. The fourth-order valence-electron chi connectivity index (χ4n) is 4.19. The minimum absolute atomic E-state index is 0.456. The second kappa shape index (κ2) is 6.79. The summed E-state index contributed by atoms with van der Waals surface area (Å²) < 4.78 is 0. The zero-order chi connectivity index (χ0) is 14.8. The Balaban J connectivity index is 2.02. The van der Waals surface area contributed by atoms with Gasteiger partial charge >= 0.3 is 0 Å². The Labute approximate surface area is 126 Å². The maximum absolute atomic E-state index is 3.93. The summed E-state index contributed by atoms with van der Waals surface area (Å²) in [5, 5.41) is 3.93. The van der Waals surface area contributed by atoms with Crippen LogP contribution < -0.4 is 5.32 Å². The zero-order valence-corrected chi connectivity index (χ0v) is 14.4. The highest BCUT2D eigenvalue weighted by Gasteiger charge is 2.42. The molecule has 2 nitrogen and oxygen atoms in total. The molecule has 20 heavy (non-hydrogen) atoms. The van der Waals surface area contributed by atoms with Gasteiger partial charge in [-0.25, -0.2) is 0 Å². The van der Waals surface area contributed by atoms with Gasteiger partial charge in [0.05, 0.1) is 0 Å². The van der Waals surface area contributed by atoms with E-state index in [0.717, 1.165) is 23.9 Å². The van der Waals surface area contributed by atoms with E-state index in [4.69, 9.17) is 0 Å². The van der Waals surface area contributed by atoms with Gasteiger partial charge in [-0.3, -0.25) is 4.90 Å². The molecule has 2 aliphatic rings. The Morgan fingerprint density at radius 3 is 2.25 bits per heavy atom. The maximum Gasteiger partial charge on any atom is 0.0309 e. The first-order valence-corrected chi connectivity index (χ1v) is 8.94. The molecule has 0 aromatic rings. The lowest BCUT2D eigenvalue weighted by atomic mass is 9.87. The van der Waals surface area contributed by atoms with Crippen molar-refractivity contribution < 1.29 is 0 Å². The van der Waals surface area contributed by atoms with Crippen molar-refractivity contribution in [3.05, 3.63) is 0 Å². The van der Waals surface area contributed by atoms with E-state index < -0.39 is 0 Å². The van der Waals surface area contributed by atoms with Crippen LogP contribution in [0.2, 0.25) is 0 Å². The molecule has 1 saturated carbocycles. The van der Waals surface area contributed by atoms with Crippen LogP contribution in [0.15, 0.2) is 0 Å².